The van der Waals surface area contributed by atoms with Crippen LogP contribution in [0, 0.1) is 0 Å². The fourth-order valence-corrected chi connectivity index (χ4v) is 3.36. The summed E-state index contributed by atoms with van der Waals surface area (Å²) < 4.78 is 5.40. The summed E-state index contributed by atoms with van der Waals surface area (Å²) in [5.74, 6) is 1.18. The van der Waals surface area contributed by atoms with Crippen molar-refractivity contribution in [2.75, 3.05) is 7.11 Å². The van der Waals surface area contributed by atoms with Crippen molar-refractivity contribution in [1.82, 2.24) is 15.0 Å². The first-order chi connectivity index (χ1) is 11.8. The number of hydrogen-bond acceptors (Lipinski definition) is 5. The Morgan fingerprint density at radius 3 is 2.62 bits per heavy atom. The number of hydrogen-bond donors (Lipinski definition) is 0. The average Bonchev–Trinajstić information content (AvgIpc) is 3.10. The van der Waals surface area contributed by atoms with Gasteiger partial charge in [-0.05, 0) is 29.1 Å². The lowest BCUT2D eigenvalue weighted by atomic mass is 10.1. The van der Waals surface area contributed by atoms with Crippen LogP contribution in [0.1, 0.15) is 11.3 Å². The molecular formula is C19H15N3OS. The molecule has 0 bridgehead atoms. The first-order valence-electron chi connectivity index (χ1n) is 7.63. The second-order valence-corrected chi connectivity index (χ2v) is 6.27. The number of benzene rings is 1. The predicted molar refractivity (Wildman–Crippen MR) is 96.4 cm³/mol. The summed E-state index contributed by atoms with van der Waals surface area (Å²) in [7, 11) is 1.63. The van der Waals surface area contributed by atoms with E-state index in [1.807, 2.05) is 47.8 Å². The predicted octanol–water partition coefficient (Wildman–Crippen LogP) is 4.35. The number of methoxy groups -OCH3 is 1. The Morgan fingerprint density at radius 2 is 1.79 bits per heavy atom. The lowest BCUT2D eigenvalue weighted by molar-refractivity contribution is 0.403. The molecule has 4 rings (SSSR count). The molecule has 0 aliphatic carbocycles. The van der Waals surface area contributed by atoms with Gasteiger partial charge in [0.05, 0.1) is 12.5 Å². The number of thiophene rings is 1. The van der Waals surface area contributed by atoms with Crippen LogP contribution in [0.2, 0.25) is 0 Å². The summed E-state index contributed by atoms with van der Waals surface area (Å²) in [6.07, 6.45) is 0.785. The molecule has 5 heteroatoms. The van der Waals surface area contributed by atoms with Crippen molar-refractivity contribution in [2.45, 2.75) is 6.42 Å². The molecule has 0 saturated carbocycles. The van der Waals surface area contributed by atoms with Gasteiger partial charge in [0.1, 0.15) is 10.5 Å². The fraction of sp³-hybridized carbons (Fsp3) is 0.105. The zero-order valence-corrected chi connectivity index (χ0v) is 14.0. The van der Waals surface area contributed by atoms with Gasteiger partial charge in [-0.2, -0.15) is 4.98 Å². The summed E-state index contributed by atoms with van der Waals surface area (Å²) in [5.41, 5.74) is 2.99. The largest absolute Gasteiger partial charge is 0.480 e. The van der Waals surface area contributed by atoms with Crippen molar-refractivity contribution in [3.05, 3.63) is 71.2 Å². The summed E-state index contributed by atoms with van der Waals surface area (Å²) >= 11 is 1.57. The third-order valence-corrected chi connectivity index (χ3v) is 4.55. The number of nitrogens with zero attached hydrogens (tertiary/aromatic N) is 3. The molecule has 24 heavy (non-hydrogen) atoms. The molecule has 0 spiro atoms. The highest BCUT2D eigenvalue weighted by atomic mass is 32.1. The van der Waals surface area contributed by atoms with Gasteiger partial charge < -0.3 is 4.74 Å². The Kier molecular flexibility index (Phi) is 3.92. The van der Waals surface area contributed by atoms with Gasteiger partial charge in [-0.3, -0.25) is 0 Å². The van der Waals surface area contributed by atoms with Crippen molar-refractivity contribution >= 4 is 21.6 Å². The van der Waals surface area contributed by atoms with Gasteiger partial charge >= 0.3 is 0 Å². The lowest BCUT2D eigenvalue weighted by Crippen LogP contribution is -1.98. The monoisotopic (exact) mass is 333 g/mol. The van der Waals surface area contributed by atoms with Gasteiger partial charge in [-0.25, -0.2) is 9.97 Å². The van der Waals surface area contributed by atoms with E-state index >= 15 is 0 Å². The second kappa shape index (κ2) is 6.37. The molecule has 0 aliphatic rings. The van der Waals surface area contributed by atoms with Gasteiger partial charge in [-0.1, -0.05) is 36.4 Å². The zero-order valence-electron chi connectivity index (χ0n) is 13.1. The van der Waals surface area contributed by atoms with Crippen LogP contribution < -0.4 is 4.74 Å². The maximum absolute atomic E-state index is 5.40. The third kappa shape index (κ3) is 2.86. The number of ether oxygens (including phenoxy) is 1. The van der Waals surface area contributed by atoms with Crippen LogP contribution in [0.3, 0.4) is 0 Å². The van der Waals surface area contributed by atoms with E-state index in [1.165, 1.54) is 5.56 Å². The molecule has 0 fully saturated rings. The summed E-state index contributed by atoms with van der Waals surface area (Å²) in [4.78, 5) is 14.8. The number of rotatable bonds is 4. The van der Waals surface area contributed by atoms with Crippen LogP contribution >= 0.6 is 11.3 Å². The first-order valence-corrected chi connectivity index (χ1v) is 8.51. The quantitative estimate of drug-likeness (QED) is 0.557. The van der Waals surface area contributed by atoms with E-state index in [0.29, 0.717) is 11.7 Å². The molecule has 0 N–H and O–H groups in total. The van der Waals surface area contributed by atoms with Gasteiger partial charge in [0, 0.05) is 12.1 Å². The van der Waals surface area contributed by atoms with Crippen molar-refractivity contribution < 1.29 is 4.74 Å². The van der Waals surface area contributed by atoms with Gasteiger partial charge in [0.15, 0.2) is 5.82 Å². The maximum Gasteiger partial charge on any atom is 0.225 e. The topological polar surface area (TPSA) is 47.9 Å². The molecule has 0 unspecified atom stereocenters. The average molecular weight is 333 g/mol. The van der Waals surface area contributed by atoms with Crippen LogP contribution in [0.25, 0.3) is 21.7 Å². The molecule has 0 radical (unpaired) electrons. The summed E-state index contributed by atoms with van der Waals surface area (Å²) in [5, 5.41) is 2.93. The molecule has 0 aliphatic heterocycles. The molecule has 0 amide bonds. The minimum atomic E-state index is 0.589. The molecular weight excluding hydrogens is 318 g/mol. The zero-order chi connectivity index (χ0) is 16.4. The minimum Gasteiger partial charge on any atom is -0.480 e. The van der Waals surface area contributed by atoms with Crippen molar-refractivity contribution in [3.8, 4) is 17.4 Å². The number of aromatic nitrogens is 3. The Morgan fingerprint density at radius 1 is 0.917 bits per heavy atom. The van der Waals surface area contributed by atoms with E-state index in [1.54, 1.807) is 18.4 Å². The SMILES string of the molecule is COc1nc(-c2cccc(Cc3ccccc3)n2)nc2sccc12. The smallest absolute Gasteiger partial charge is 0.225 e. The Bertz CT molecular complexity index is 982. The van der Waals surface area contributed by atoms with Crippen LogP contribution in [-0.2, 0) is 6.42 Å². The van der Waals surface area contributed by atoms with Gasteiger partial charge in [0.2, 0.25) is 5.88 Å². The molecule has 0 atom stereocenters. The first kappa shape index (κ1) is 14.8. The highest BCUT2D eigenvalue weighted by Gasteiger charge is 2.12. The van der Waals surface area contributed by atoms with Crippen molar-refractivity contribution in [1.29, 1.82) is 0 Å². The number of pyridine rings is 1. The van der Waals surface area contributed by atoms with Crippen molar-refractivity contribution in [2.24, 2.45) is 0 Å². The Labute approximate surface area is 143 Å². The molecule has 3 heterocycles. The van der Waals surface area contributed by atoms with Crippen molar-refractivity contribution in [3.63, 3.8) is 0 Å². The van der Waals surface area contributed by atoms with E-state index < -0.39 is 0 Å². The van der Waals surface area contributed by atoms with Gasteiger partial charge in [-0.15, -0.1) is 11.3 Å². The van der Waals surface area contributed by atoms with E-state index in [9.17, 15) is 0 Å². The van der Waals surface area contributed by atoms with Crippen LogP contribution in [-0.4, -0.2) is 22.1 Å². The normalized spacial score (nSPS) is 10.9. The van der Waals surface area contributed by atoms with Crippen LogP contribution in [0.4, 0.5) is 0 Å². The van der Waals surface area contributed by atoms with E-state index in [4.69, 9.17) is 9.72 Å². The lowest BCUT2D eigenvalue weighted by Gasteiger charge is -2.06. The number of fused-ring (bicyclic) bond motifs is 1. The standard InChI is InChI=1S/C19H15N3OS/c1-23-18-15-10-11-24-19(15)22-17(21-18)16-9-5-8-14(20-16)12-13-6-3-2-4-7-13/h2-11H,12H2,1H3. The molecule has 118 valence electrons. The van der Waals surface area contributed by atoms with E-state index in [2.05, 4.69) is 22.1 Å². The fourth-order valence-electron chi connectivity index (χ4n) is 2.61. The van der Waals surface area contributed by atoms with E-state index in [0.717, 1.165) is 28.0 Å². The Hall–Kier alpha value is -2.79. The highest BCUT2D eigenvalue weighted by molar-refractivity contribution is 7.16. The molecule has 0 saturated heterocycles. The summed E-state index contributed by atoms with van der Waals surface area (Å²) in [6.45, 7) is 0. The van der Waals surface area contributed by atoms with Crippen LogP contribution in [0.5, 0.6) is 5.88 Å². The molecule has 3 aromatic heterocycles. The Balaban J connectivity index is 1.73. The molecule has 4 aromatic rings. The minimum absolute atomic E-state index is 0.589. The van der Waals surface area contributed by atoms with Crippen LogP contribution in [0.15, 0.2) is 60.0 Å². The summed E-state index contributed by atoms with van der Waals surface area (Å²) in [6, 6.07) is 18.2. The maximum atomic E-state index is 5.40. The third-order valence-electron chi connectivity index (χ3n) is 3.75. The molecule has 1 aromatic carbocycles. The molecule has 4 nitrogen and oxygen atoms in total. The second-order valence-electron chi connectivity index (χ2n) is 5.37. The van der Waals surface area contributed by atoms with E-state index in [-0.39, 0.29) is 0 Å². The highest BCUT2D eigenvalue weighted by Crippen LogP contribution is 2.29. The van der Waals surface area contributed by atoms with Gasteiger partial charge in [0.25, 0.3) is 0 Å².